The van der Waals surface area contributed by atoms with Crippen LogP contribution < -0.4 is 21.9 Å². The molecule has 0 spiro atoms. The van der Waals surface area contributed by atoms with E-state index >= 15 is 0 Å². The average Bonchev–Trinajstić information content (AvgIpc) is 3.10. The fourth-order valence-corrected chi connectivity index (χ4v) is 2.87. The molecule has 0 bridgehead atoms. The topological polar surface area (TPSA) is 96.2 Å². The molecule has 2 aromatic rings. The van der Waals surface area contributed by atoms with E-state index in [1.165, 1.54) is 0 Å². The van der Waals surface area contributed by atoms with Crippen LogP contribution in [0.2, 0.25) is 0 Å². The lowest BCUT2D eigenvalue weighted by Crippen LogP contribution is -2.34. The highest BCUT2D eigenvalue weighted by atomic mass is 16.2. The summed E-state index contributed by atoms with van der Waals surface area (Å²) in [5.74, 6) is -0.714. The van der Waals surface area contributed by atoms with Crippen LogP contribution in [-0.4, -0.2) is 18.4 Å². The normalized spacial score (nSPS) is 19.8. The molecular formula is C18H20N4O2. The van der Waals surface area contributed by atoms with Crippen LogP contribution >= 0.6 is 0 Å². The molecule has 0 aromatic heterocycles. The van der Waals surface area contributed by atoms with Gasteiger partial charge in [-0.2, -0.15) is 0 Å². The maximum atomic E-state index is 12.5. The minimum Gasteiger partial charge on any atom is -0.366 e. The van der Waals surface area contributed by atoms with Crippen molar-refractivity contribution in [1.29, 1.82) is 0 Å². The maximum absolute atomic E-state index is 12.5. The number of benzene rings is 2. The Bertz CT molecular complexity index is 733. The van der Waals surface area contributed by atoms with Gasteiger partial charge in [0.1, 0.15) is 0 Å². The van der Waals surface area contributed by atoms with Gasteiger partial charge in [-0.1, -0.05) is 42.5 Å². The molecule has 2 atom stereocenters. The first-order valence-corrected chi connectivity index (χ1v) is 7.85. The summed E-state index contributed by atoms with van der Waals surface area (Å²) in [6.07, 6.45) is 0. The number of primary amides is 1. The number of rotatable bonds is 5. The van der Waals surface area contributed by atoms with Crippen molar-refractivity contribution in [2.75, 3.05) is 6.54 Å². The van der Waals surface area contributed by atoms with E-state index in [0.717, 1.165) is 11.1 Å². The minimum atomic E-state index is -0.475. The van der Waals surface area contributed by atoms with E-state index in [1.54, 1.807) is 18.2 Å². The highest BCUT2D eigenvalue weighted by Crippen LogP contribution is 2.24. The molecule has 24 heavy (non-hydrogen) atoms. The molecule has 1 aliphatic heterocycles. The van der Waals surface area contributed by atoms with Gasteiger partial charge in [0, 0.05) is 18.7 Å². The molecule has 0 radical (unpaired) electrons. The summed E-state index contributed by atoms with van der Waals surface area (Å²) in [6.45, 7) is 0.921. The molecule has 3 rings (SSSR count). The number of nitrogens with two attached hydrogens (primary N) is 1. The van der Waals surface area contributed by atoms with Crippen LogP contribution in [-0.2, 0) is 11.3 Å². The monoisotopic (exact) mass is 324 g/mol. The van der Waals surface area contributed by atoms with Gasteiger partial charge in [0.15, 0.2) is 0 Å². The largest absolute Gasteiger partial charge is 0.366 e. The lowest BCUT2D eigenvalue weighted by molar-refractivity contribution is -0.125. The quantitative estimate of drug-likeness (QED) is 0.656. The van der Waals surface area contributed by atoms with Crippen molar-refractivity contribution >= 4 is 11.8 Å². The maximum Gasteiger partial charge on any atom is 0.248 e. The van der Waals surface area contributed by atoms with Crippen molar-refractivity contribution < 1.29 is 9.59 Å². The number of hydrogen-bond acceptors (Lipinski definition) is 4. The summed E-state index contributed by atoms with van der Waals surface area (Å²) in [4.78, 5) is 23.8. The summed E-state index contributed by atoms with van der Waals surface area (Å²) < 4.78 is 0. The van der Waals surface area contributed by atoms with Crippen LogP contribution in [0.1, 0.15) is 27.5 Å². The third-order valence-electron chi connectivity index (χ3n) is 4.16. The third kappa shape index (κ3) is 3.61. The number of hydrogen-bond donors (Lipinski definition) is 4. The molecule has 1 saturated heterocycles. The SMILES string of the molecule is NC(=O)c1cccc(CNC(=O)C2CNNC2c2ccccc2)c1. The highest BCUT2D eigenvalue weighted by Gasteiger charge is 2.33. The molecule has 2 aromatic carbocycles. The van der Waals surface area contributed by atoms with Crippen molar-refractivity contribution in [1.82, 2.24) is 16.2 Å². The Morgan fingerprint density at radius 2 is 1.92 bits per heavy atom. The zero-order valence-electron chi connectivity index (χ0n) is 13.2. The molecule has 1 aliphatic rings. The van der Waals surface area contributed by atoms with Crippen LogP contribution in [0.5, 0.6) is 0 Å². The second kappa shape index (κ2) is 7.25. The Morgan fingerprint density at radius 3 is 2.67 bits per heavy atom. The molecule has 2 amide bonds. The van der Waals surface area contributed by atoms with E-state index in [9.17, 15) is 9.59 Å². The summed E-state index contributed by atoms with van der Waals surface area (Å²) in [5.41, 5.74) is 13.8. The molecule has 1 heterocycles. The number of carbonyl (C=O) groups is 2. The van der Waals surface area contributed by atoms with Crippen LogP contribution in [0.4, 0.5) is 0 Å². The number of nitrogens with one attached hydrogen (secondary N) is 3. The molecule has 6 heteroatoms. The predicted octanol–water partition coefficient (Wildman–Crippen LogP) is 0.867. The van der Waals surface area contributed by atoms with Gasteiger partial charge < -0.3 is 11.1 Å². The van der Waals surface area contributed by atoms with Crippen molar-refractivity contribution in [3.05, 3.63) is 71.3 Å². The summed E-state index contributed by atoms with van der Waals surface area (Å²) in [6, 6.07) is 16.8. The van der Waals surface area contributed by atoms with E-state index in [1.807, 2.05) is 36.4 Å². The molecule has 1 fully saturated rings. The van der Waals surface area contributed by atoms with Crippen molar-refractivity contribution in [2.45, 2.75) is 12.6 Å². The second-order valence-electron chi connectivity index (χ2n) is 5.80. The Balaban J connectivity index is 1.64. The van der Waals surface area contributed by atoms with Gasteiger partial charge >= 0.3 is 0 Å². The fourth-order valence-electron chi connectivity index (χ4n) is 2.87. The minimum absolute atomic E-state index is 0.0363. The lowest BCUT2D eigenvalue weighted by Gasteiger charge is -2.18. The average molecular weight is 324 g/mol. The van der Waals surface area contributed by atoms with E-state index in [2.05, 4.69) is 16.2 Å². The Kier molecular flexibility index (Phi) is 4.88. The lowest BCUT2D eigenvalue weighted by atomic mass is 9.94. The van der Waals surface area contributed by atoms with E-state index in [-0.39, 0.29) is 17.9 Å². The van der Waals surface area contributed by atoms with Gasteiger partial charge in [0.25, 0.3) is 0 Å². The molecule has 0 aliphatic carbocycles. The first-order valence-electron chi connectivity index (χ1n) is 7.85. The van der Waals surface area contributed by atoms with Gasteiger partial charge in [-0.05, 0) is 23.3 Å². The van der Waals surface area contributed by atoms with Crippen molar-refractivity contribution in [2.24, 2.45) is 11.7 Å². The number of amides is 2. The molecule has 2 unspecified atom stereocenters. The zero-order chi connectivity index (χ0) is 16.9. The van der Waals surface area contributed by atoms with E-state index < -0.39 is 5.91 Å². The first-order chi connectivity index (χ1) is 11.6. The Labute approximate surface area is 140 Å². The number of hydrazine groups is 1. The second-order valence-corrected chi connectivity index (χ2v) is 5.80. The van der Waals surface area contributed by atoms with Crippen LogP contribution in [0, 0.1) is 5.92 Å². The summed E-state index contributed by atoms with van der Waals surface area (Å²) >= 11 is 0. The smallest absolute Gasteiger partial charge is 0.248 e. The standard InChI is InChI=1S/C18H20N4O2/c19-17(23)14-8-4-5-12(9-14)10-20-18(24)15-11-21-22-16(15)13-6-2-1-3-7-13/h1-9,15-16,21-22H,10-11H2,(H2,19,23)(H,20,24). The molecule has 0 saturated carbocycles. The van der Waals surface area contributed by atoms with E-state index in [4.69, 9.17) is 5.73 Å². The van der Waals surface area contributed by atoms with Gasteiger partial charge in [0.2, 0.25) is 11.8 Å². The zero-order valence-corrected chi connectivity index (χ0v) is 13.2. The third-order valence-corrected chi connectivity index (χ3v) is 4.16. The Morgan fingerprint density at radius 1 is 1.12 bits per heavy atom. The molecular weight excluding hydrogens is 304 g/mol. The summed E-state index contributed by atoms with van der Waals surface area (Å²) in [5, 5.41) is 2.94. The van der Waals surface area contributed by atoms with Crippen LogP contribution in [0.15, 0.2) is 54.6 Å². The van der Waals surface area contributed by atoms with Gasteiger partial charge in [0.05, 0.1) is 12.0 Å². The van der Waals surface area contributed by atoms with Crippen LogP contribution in [0.25, 0.3) is 0 Å². The van der Waals surface area contributed by atoms with Crippen molar-refractivity contribution in [3.63, 3.8) is 0 Å². The van der Waals surface area contributed by atoms with E-state index in [0.29, 0.717) is 18.7 Å². The number of carbonyl (C=O) groups excluding carboxylic acids is 2. The first kappa shape index (κ1) is 16.2. The fraction of sp³-hybridized carbons (Fsp3) is 0.222. The molecule has 5 N–H and O–H groups in total. The highest BCUT2D eigenvalue weighted by molar-refractivity contribution is 5.92. The predicted molar refractivity (Wildman–Crippen MR) is 90.6 cm³/mol. The van der Waals surface area contributed by atoms with Gasteiger partial charge in [-0.3, -0.25) is 15.0 Å². The van der Waals surface area contributed by atoms with Crippen molar-refractivity contribution in [3.8, 4) is 0 Å². The van der Waals surface area contributed by atoms with Crippen LogP contribution in [0.3, 0.4) is 0 Å². The summed E-state index contributed by atoms with van der Waals surface area (Å²) in [7, 11) is 0. The van der Waals surface area contributed by atoms with Gasteiger partial charge in [-0.25, -0.2) is 5.43 Å². The molecule has 124 valence electrons. The molecule has 6 nitrogen and oxygen atoms in total. The Hall–Kier alpha value is -2.70. The van der Waals surface area contributed by atoms with Gasteiger partial charge in [-0.15, -0.1) is 0 Å².